The average molecular weight is 507 g/mol. The molecular weight excluding hydrogens is 485 g/mol. The molecule has 6 nitrogen and oxygen atoms in total. The number of carbonyl (C=O) groups excluding carboxylic acids is 1. The van der Waals surface area contributed by atoms with Crippen molar-refractivity contribution in [1.29, 1.82) is 0 Å². The molecule has 0 aliphatic carbocycles. The predicted octanol–water partition coefficient (Wildman–Crippen LogP) is 6.17. The number of amides is 1. The number of rotatable bonds is 10. The Morgan fingerprint density at radius 2 is 1.71 bits per heavy atom. The Kier molecular flexibility index (Phi) is 8.72. The molecule has 0 bridgehead atoms. The summed E-state index contributed by atoms with van der Waals surface area (Å²) in [5.41, 5.74) is 5.86. The highest BCUT2D eigenvalue weighted by molar-refractivity contribution is 8.03. The summed E-state index contributed by atoms with van der Waals surface area (Å²) in [5, 5.41) is 12.4. The molecule has 1 aromatic heterocycles. The van der Waals surface area contributed by atoms with Crippen molar-refractivity contribution >= 4 is 47.0 Å². The van der Waals surface area contributed by atoms with Gasteiger partial charge in [-0.25, -0.2) is 5.43 Å². The number of hydrogen-bond donors (Lipinski definition) is 1. The van der Waals surface area contributed by atoms with E-state index < -0.39 is 0 Å². The van der Waals surface area contributed by atoms with Gasteiger partial charge in [-0.2, -0.15) is 5.10 Å². The molecule has 0 fully saturated rings. The van der Waals surface area contributed by atoms with E-state index in [1.54, 1.807) is 18.0 Å². The third-order valence-electron chi connectivity index (χ3n) is 4.44. The summed E-state index contributed by atoms with van der Waals surface area (Å²) < 4.78 is 7.47. The zero-order valence-electron chi connectivity index (χ0n) is 18.4. The molecule has 1 heterocycles. The van der Waals surface area contributed by atoms with Gasteiger partial charge in [-0.3, -0.25) is 4.79 Å². The summed E-state index contributed by atoms with van der Waals surface area (Å²) in [4.78, 5) is 12.1. The molecular formula is C25H22N4O2S3. The van der Waals surface area contributed by atoms with Gasteiger partial charge in [0.15, 0.2) is 8.68 Å². The smallest absolute Gasteiger partial charge is 0.250 e. The molecule has 0 radical (unpaired) electrons. The average Bonchev–Trinajstić information content (AvgIpc) is 3.31. The molecule has 0 atom stereocenters. The Morgan fingerprint density at radius 3 is 2.50 bits per heavy atom. The van der Waals surface area contributed by atoms with Gasteiger partial charge in [0, 0.05) is 5.75 Å². The molecule has 0 aliphatic rings. The molecule has 4 aromatic rings. The highest BCUT2D eigenvalue weighted by Gasteiger charge is 2.09. The molecule has 9 heteroatoms. The second-order valence-corrected chi connectivity index (χ2v) is 10.6. The number of hydrazone groups is 1. The number of hydrogen-bond acceptors (Lipinski definition) is 8. The van der Waals surface area contributed by atoms with Crippen molar-refractivity contribution in [3.8, 4) is 11.5 Å². The fourth-order valence-electron chi connectivity index (χ4n) is 2.76. The number of aromatic nitrogens is 2. The van der Waals surface area contributed by atoms with Gasteiger partial charge in [0.25, 0.3) is 5.91 Å². The lowest BCUT2D eigenvalue weighted by molar-refractivity contribution is -0.118. The molecule has 172 valence electrons. The summed E-state index contributed by atoms with van der Waals surface area (Å²) in [6.45, 7) is 2.08. The van der Waals surface area contributed by atoms with Gasteiger partial charge in [-0.1, -0.05) is 95.0 Å². The van der Waals surface area contributed by atoms with Gasteiger partial charge in [-0.15, -0.1) is 10.2 Å². The summed E-state index contributed by atoms with van der Waals surface area (Å²) in [6, 6.07) is 25.5. The van der Waals surface area contributed by atoms with Crippen LogP contribution in [0.4, 0.5) is 0 Å². The molecule has 3 aromatic carbocycles. The maximum Gasteiger partial charge on any atom is 0.250 e. The fraction of sp³-hybridized carbons (Fsp3) is 0.120. The van der Waals surface area contributed by atoms with E-state index in [0.717, 1.165) is 25.7 Å². The Balaban J connectivity index is 1.20. The SMILES string of the molecule is Cc1ccc(CSc2nnc(SCC(=O)N/N=C/c3cccc(Oc4ccccc4)c3)s2)cc1. The minimum absolute atomic E-state index is 0.206. The molecule has 0 saturated heterocycles. The van der Waals surface area contributed by atoms with Gasteiger partial charge in [0.2, 0.25) is 0 Å². The van der Waals surface area contributed by atoms with Crippen LogP contribution in [0.1, 0.15) is 16.7 Å². The van der Waals surface area contributed by atoms with Crippen molar-refractivity contribution in [3.05, 3.63) is 95.6 Å². The van der Waals surface area contributed by atoms with E-state index in [1.165, 1.54) is 34.2 Å². The van der Waals surface area contributed by atoms with Crippen molar-refractivity contribution < 1.29 is 9.53 Å². The number of aryl methyl sites for hydroxylation is 1. The van der Waals surface area contributed by atoms with E-state index in [-0.39, 0.29) is 11.7 Å². The first-order chi connectivity index (χ1) is 16.6. The third kappa shape index (κ3) is 7.72. The quantitative estimate of drug-likeness (QED) is 0.157. The van der Waals surface area contributed by atoms with Crippen LogP contribution in [0.25, 0.3) is 0 Å². The summed E-state index contributed by atoms with van der Waals surface area (Å²) in [7, 11) is 0. The zero-order valence-corrected chi connectivity index (χ0v) is 20.8. The van der Waals surface area contributed by atoms with Gasteiger partial charge < -0.3 is 4.74 Å². The maximum absolute atomic E-state index is 12.1. The number of thioether (sulfide) groups is 2. The van der Waals surface area contributed by atoms with E-state index >= 15 is 0 Å². The first kappa shape index (κ1) is 24.0. The number of benzene rings is 3. The lowest BCUT2D eigenvalue weighted by atomic mass is 10.2. The molecule has 1 N–H and O–H groups in total. The highest BCUT2D eigenvalue weighted by Crippen LogP contribution is 2.30. The number of nitrogens with one attached hydrogen (secondary N) is 1. The number of ether oxygens (including phenoxy) is 1. The molecule has 4 rings (SSSR count). The van der Waals surface area contributed by atoms with Crippen molar-refractivity contribution in [3.63, 3.8) is 0 Å². The molecule has 0 aliphatic heterocycles. The van der Waals surface area contributed by atoms with Crippen LogP contribution in [0.15, 0.2) is 92.6 Å². The van der Waals surface area contributed by atoms with Crippen LogP contribution < -0.4 is 10.2 Å². The van der Waals surface area contributed by atoms with Crippen LogP contribution in [-0.4, -0.2) is 28.1 Å². The van der Waals surface area contributed by atoms with Gasteiger partial charge in [-0.05, 0) is 42.3 Å². The number of nitrogens with zero attached hydrogens (tertiary/aromatic N) is 3. The van der Waals surface area contributed by atoms with E-state index in [1.807, 2.05) is 54.6 Å². The summed E-state index contributed by atoms with van der Waals surface area (Å²) in [5.74, 6) is 2.31. The van der Waals surface area contributed by atoms with Crippen LogP contribution >= 0.6 is 34.9 Å². The highest BCUT2D eigenvalue weighted by atomic mass is 32.2. The van der Waals surface area contributed by atoms with Crippen molar-refractivity contribution in [2.24, 2.45) is 5.10 Å². The number of para-hydroxylation sites is 1. The second kappa shape index (κ2) is 12.4. The number of carbonyl (C=O) groups is 1. The maximum atomic E-state index is 12.1. The van der Waals surface area contributed by atoms with Gasteiger partial charge >= 0.3 is 0 Å². The molecule has 34 heavy (non-hydrogen) atoms. The molecule has 0 spiro atoms. The zero-order chi connectivity index (χ0) is 23.6. The fourth-order valence-corrected chi connectivity index (χ4v) is 5.53. The Hall–Kier alpha value is -3.14. The van der Waals surface area contributed by atoms with Gasteiger partial charge in [0.1, 0.15) is 11.5 Å². The lowest BCUT2D eigenvalue weighted by Crippen LogP contribution is -2.19. The van der Waals surface area contributed by atoms with Crippen LogP contribution in [0.5, 0.6) is 11.5 Å². The van der Waals surface area contributed by atoms with E-state index in [0.29, 0.717) is 5.75 Å². The topological polar surface area (TPSA) is 76.5 Å². The minimum Gasteiger partial charge on any atom is -0.457 e. The van der Waals surface area contributed by atoms with Crippen molar-refractivity contribution in [1.82, 2.24) is 15.6 Å². The predicted molar refractivity (Wildman–Crippen MR) is 140 cm³/mol. The molecule has 1 amide bonds. The Bertz CT molecular complexity index is 1240. The lowest BCUT2D eigenvalue weighted by Gasteiger charge is -2.05. The minimum atomic E-state index is -0.206. The van der Waals surface area contributed by atoms with Crippen LogP contribution in [0, 0.1) is 6.92 Å². The van der Waals surface area contributed by atoms with E-state index in [4.69, 9.17) is 4.74 Å². The molecule has 0 unspecified atom stereocenters. The Morgan fingerprint density at radius 1 is 0.971 bits per heavy atom. The van der Waals surface area contributed by atoms with Crippen molar-refractivity contribution in [2.45, 2.75) is 21.4 Å². The third-order valence-corrected chi connectivity index (χ3v) is 7.70. The largest absolute Gasteiger partial charge is 0.457 e. The van der Waals surface area contributed by atoms with Crippen LogP contribution in [0.2, 0.25) is 0 Å². The van der Waals surface area contributed by atoms with Crippen LogP contribution in [0.3, 0.4) is 0 Å². The standard InChI is InChI=1S/C25H22N4O2S3/c1-18-10-12-19(13-11-18)16-32-24-28-29-25(34-24)33-17-23(30)27-26-15-20-6-5-9-22(14-20)31-21-7-3-2-4-8-21/h2-15H,16-17H2,1H3,(H,27,30)/b26-15+. The first-order valence-electron chi connectivity index (χ1n) is 10.4. The van der Waals surface area contributed by atoms with Gasteiger partial charge in [0.05, 0.1) is 12.0 Å². The van der Waals surface area contributed by atoms with Crippen LogP contribution in [-0.2, 0) is 10.5 Å². The Labute approximate surface area is 210 Å². The monoisotopic (exact) mass is 506 g/mol. The van der Waals surface area contributed by atoms with Crippen molar-refractivity contribution in [2.75, 3.05) is 5.75 Å². The summed E-state index contributed by atoms with van der Waals surface area (Å²) >= 11 is 4.48. The normalized spacial score (nSPS) is 11.0. The van der Waals surface area contributed by atoms with E-state index in [2.05, 4.69) is 51.9 Å². The van der Waals surface area contributed by atoms with E-state index in [9.17, 15) is 4.79 Å². The summed E-state index contributed by atoms with van der Waals surface area (Å²) in [6.07, 6.45) is 1.59. The first-order valence-corrected chi connectivity index (χ1v) is 13.2. The second-order valence-electron chi connectivity index (χ2n) is 7.18. The molecule has 0 saturated carbocycles.